The molecule has 4 amide bonds. The summed E-state index contributed by atoms with van der Waals surface area (Å²) in [4.78, 5) is 49.2. The van der Waals surface area contributed by atoms with Gasteiger partial charge in [-0.05, 0) is 36.4 Å². The molecular weight excluding hydrogens is 1030 g/mol. The van der Waals surface area contributed by atoms with Gasteiger partial charge in [0.05, 0.1) is 22.3 Å². The van der Waals surface area contributed by atoms with E-state index in [1.807, 2.05) is 0 Å². The van der Waals surface area contributed by atoms with Gasteiger partial charge in [0.15, 0.2) is 13.2 Å². The van der Waals surface area contributed by atoms with Crippen molar-refractivity contribution in [3.8, 4) is 11.5 Å². The van der Waals surface area contributed by atoms with Crippen LogP contribution in [-0.2, 0) is 0 Å². The van der Waals surface area contributed by atoms with Gasteiger partial charge in [-0.3, -0.25) is 29.0 Å². The molecule has 68 heavy (non-hydrogen) atoms. The number of carbonyl (C=O) groups is 4. The number of rotatable bonds is 19. The fourth-order valence-electron chi connectivity index (χ4n) is 5.75. The zero-order chi connectivity index (χ0) is 52.8. The monoisotopic (exact) mass is 1040 g/mol. The Morgan fingerprint density at radius 2 is 0.588 bits per heavy atom. The number of amides is 4. The van der Waals surface area contributed by atoms with Gasteiger partial charge in [-0.25, -0.2) is 0 Å². The van der Waals surface area contributed by atoms with Crippen molar-refractivity contribution in [3.63, 3.8) is 0 Å². The lowest BCUT2D eigenvalue weighted by atomic mass is 9.99. The van der Waals surface area contributed by atoms with Crippen LogP contribution in [0.5, 0.6) is 11.5 Å². The van der Waals surface area contributed by atoms with E-state index >= 15 is 0 Å². The highest BCUT2D eigenvalue weighted by Crippen LogP contribution is 2.56. The molecule has 0 N–H and O–H groups in total. The molecule has 2 aromatic carbocycles. The molecule has 382 valence electrons. The molecular formula is C34H18F26N2O6. The van der Waals surface area contributed by atoms with Crippen LogP contribution in [0.1, 0.15) is 54.3 Å². The predicted octanol–water partition coefficient (Wildman–Crippen LogP) is 10.6. The van der Waals surface area contributed by atoms with Gasteiger partial charge >= 0.3 is 71.6 Å². The highest BCUT2D eigenvalue weighted by Gasteiger charge is 2.83. The highest BCUT2D eigenvalue weighted by molar-refractivity contribution is 6.22. The van der Waals surface area contributed by atoms with Crippen LogP contribution in [0.3, 0.4) is 0 Å². The molecule has 0 spiro atoms. The van der Waals surface area contributed by atoms with Gasteiger partial charge in [-0.2, -0.15) is 114 Å². The Hall–Kier alpha value is -5.50. The Bertz CT molecular complexity index is 2170. The standard InChI is InChI=1S/C34H18F26N2O6/c35-23(36,27(43,44)31(51,52)33(55,56)57)5-7-61-19(63)15-3-1-13(9-17(15)21(61)65)67-11-25(39,40)29(47,48)30(49,50)26(41,42)12-68-14-2-4-16-18(10-14)22(66)62(20(16)64)8-6-24(37,38)28(45,46)32(53,54)34(58,59)60/h1-4,9-10H,5-8,11-12H2. The highest BCUT2D eigenvalue weighted by atomic mass is 19.4. The predicted molar refractivity (Wildman–Crippen MR) is 165 cm³/mol. The van der Waals surface area contributed by atoms with Crippen LogP contribution in [0, 0.1) is 0 Å². The molecule has 2 aliphatic rings. The first-order valence-corrected chi connectivity index (χ1v) is 17.4. The lowest BCUT2D eigenvalue weighted by Crippen LogP contribution is -2.65. The van der Waals surface area contributed by atoms with Crippen molar-refractivity contribution >= 4 is 23.6 Å². The van der Waals surface area contributed by atoms with E-state index in [1.165, 1.54) is 0 Å². The summed E-state index contributed by atoms with van der Waals surface area (Å²) in [6, 6.07) is 1.37. The van der Waals surface area contributed by atoms with E-state index in [1.54, 1.807) is 0 Å². The fraction of sp³-hybridized carbons (Fsp3) is 0.529. The van der Waals surface area contributed by atoms with Gasteiger partial charge in [0.2, 0.25) is 0 Å². The number of halogens is 26. The molecule has 0 unspecified atom stereocenters. The first-order chi connectivity index (χ1) is 30.2. The van der Waals surface area contributed by atoms with Crippen LogP contribution < -0.4 is 9.47 Å². The molecule has 0 aromatic heterocycles. The number of nitrogens with zero attached hydrogens (tertiary/aromatic N) is 2. The van der Waals surface area contributed by atoms with Crippen molar-refractivity contribution in [1.29, 1.82) is 0 Å². The Labute approximate surface area is 357 Å². The van der Waals surface area contributed by atoms with Gasteiger partial charge in [0.1, 0.15) is 11.5 Å². The molecule has 0 fully saturated rings. The molecule has 8 nitrogen and oxygen atoms in total. The number of ether oxygens (including phenoxy) is 2. The number of imide groups is 2. The summed E-state index contributed by atoms with van der Waals surface area (Å²) in [6.07, 6.45) is -20.0. The summed E-state index contributed by atoms with van der Waals surface area (Å²) < 4.78 is 363. The van der Waals surface area contributed by atoms with E-state index in [4.69, 9.17) is 0 Å². The third-order valence-electron chi connectivity index (χ3n) is 9.76. The topological polar surface area (TPSA) is 93.2 Å². The van der Waals surface area contributed by atoms with Crippen LogP contribution in [0.25, 0.3) is 0 Å². The number of hydrogen-bond donors (Lipinski definition) is 0. The fourth-order valence-corrected chi connectivity index (χ4v) is 5.75. The Morgan fingerprint density at radius 1 is 0.338 bits per heavy atom. The first kappa shape index (κ1) is 55.1. The molecule has 2 heterocycles. The summed E-state index contributed by atoms with van der Waals surface area (Å²) in [5.74, 6) is -79.0. The molecule has 0 bridgehead atoms. The normalized spacial score (nSPS) is 16.5. The first-order valence-electron chi connectivity index (χ1n) is 17.4. The van der Waals surface area contributed by atoms with Crippen molar-refractivity contribution in [2.45, 2.75) is 84.4 Å². The van der Waals surface area contributed by atoms with Crippen molar-refractivity contribution in [1.82, 2.24) is 9.80 Å². The average molecular weight is 1040 g/mol. The maximum absolute atomic E-state index is 14.6. The van der Waals surface area contributed by atoms with Gasteiger partial charge < -0.3 is 9.47 Å². The van der Waals surface area contributed by atoms with Crippen LogP contribution in [0.4, 0.5) is 114 Å². The van der Waals surface area contributed by atoms with Gasteiger partial charge in [0, 0.05) is 25.9 Å². The van der Waals surface area contributed by atoms with Crippen LogP contribution in [-0.4, -0.2) is 131 Å². The molecule has 0 saturated carbocycles. The number of alkyl halides is 26. The van der Waals surface area contributed by atoms with E-state index in [0.29, 0.717) is 12.1 Å². The van der Waals surface area contributed by atoms with E-state index in [0.717, 1.165) is 0 Å². The quantitative estimate of drug-likeness (QED) is 0.103. The minimum absolute atomic E-state index is 0.0939. The molecule has 2 aromatic rings. The summed E-state index contributed by atoms with van der Waals surface area (Å²) in [5, 5.41) is 0. The Morgan fingerprint density at radius 3 is 0.853 bits per heavy atom. The maximum atomic E-state index is 14.6. The van der Waals surface area contributed by atoms with Crippen LogP contribution >= 0.6 is 0 Å². The number of carbonyl (C=O) groups excluding carboxylic acids is 4. The number of hydrogen-bond acceptors (Lipinski definition) is 6. The minimum atomic E-state index is -7.37. The van der Waals surface area contributed by atoms with E-state index in [2.05, 4.69) is 9.47 Å². The summed E-state index contributed by atoms with van der Waals surface area (Å²) in [6.45, 7) is -10.2. The third-order valence-corrected chi connectivity index (χ3v) is 9.76. The lowest BCUT2D eigenvalue weighted by molar-refractivity contribution is -0.396. The van der Waals surface area contributed by atoms with Crippen molar-refractivity contribution in [3.05, 3.63) is 58.7 Å². The van der Waals surface area contributed by atoms with Gasteiger partial charge in [-0.15, -0.1) is 0 Å². The zero-order valence-electron chi connectivity index (χ0n) is 31.9. The largest absolute Gasteiger partial charge is 0.487 e. The number of benzene rings is 2. The van der Waals surface area contributed by atoms with Crippen molar-refractivity contribution in [2.75, 3.05) is 26.3 Å². The second kappa shape index (κ2) is 16.6. The lowest BCUT2D eigenvalue weighted by Gasteiger charge is -2.36. The SMILES string of the molecule is O=C1c2ccc(OCC(F)(F)C(F)(F)C(F)(F)C(F)(F)COc3ccc4c(c3)C(=O)N(CCC(F)(F)C(F)(F)C(F)(F)C(F)(F)F)C4=O)cc2C(=O)N1CCC(F)(F)C(F)(F)C(F)(F)C(F)(F)F. The molecule has 0 aliphatic carbocycles. The summed E-state index contributed by atoms with van der Waals surface area (Å²) in [5.41, 5.74) is -4.36. The Kier molecular flexibility index (Phi) is 13.4. The second-order valence-corrected chi connectivity index (χ2v) is 14.3. The Balaban J connectivity index is 1.43. The minimum Gasteiger partial charge on any atom is -0.487 e. The van der Waals surface area contributed by atoms with Crippen molar-refractivity contribution in [2.24, 2.45) is 0 Å². The maximum Gasteiger partial charge on any atom is 0.460 e. The molecule has 34 heteroatoms. The second-order valence-electron chi connectivity index (χ2n) is 14.3. The summed E-state index contributed by atoms with van der Waals surface area (Å²) in [7, 11) is 0. The van der Waals surface area contributed by atoms with Crippen LogP contribution in [0.15, 0.2) is 36.4 Å². The summed E-state index contributed by atoms with van der Waals surface area (Å²) >= 11 is 0. The van der Waals surface area contributed by atoms with Gasteiger partial charge in [0.25, 0.3) is 23.6 Å². The molecule has 0 radical (unpaired) electrons. The van der Waals surface area contributed by atoms with Crippen LogP contribution in [0.2, 0.25) is 0 Å². The van der Waals surface area contributed by atoms with E-state index in [9.17, 15) is 133 Å². The molecule has 2 aliphatic heterocycles. The van der Waals surface area contributed by atoms with Crippen molar-refractivity contribution < 1.29 is 143 Å². The molecule has 0 saturated heterocycles. The van der Waals surface area contributed by atoms with Gasteiger partial charge in [-0.1, -0.05) is 0 Å². The smallest absolute Gasteiger partial charge is 0.460 e. The number of fused-ring (bicyclic) bond motifs is 2. The zero-order valence-corrected chi connectivity index (χ0v) is 31.9. The molecule has 4 rings (SSSR count). The molecule has 0 atom stereocenters. The van der Waals surface area contributed by atoms with E-state index in [-0.39, 0.29) is 24.3 Å². The average Bonchev–Trinajstić information content (AvgIpc) is 3.58. The third kappa shape index (κ3) is 8.63. The van der Waals surface area contributed by atoms with E-state index < -0.39 is 178 Å².